The Balaban J connectivity index is 1.89. The largest absolute Gasteiger partial charge is 0.302 e. The topological polar surface area (TPSA) is 86.8 Å². The van der Waals surface area contributed by atoms with E-state index >= 15 is 35.1 Å². The van der Waals surface area contributed by atoms with Crippen LogP contribution in [0.5, 0.6) is 0 Å². The second kappa shape index (κ2) is 8.34. The minimum absolute atomic E-state index is 0.226. The number of imide groups is 2. The molecular formula is C28H11F8N3O4. The first-order valence-electron chi connectivity index (χ1n) is 12.4. The maximum atomic E-state index is 16.0. The van der Waals surface area contributed by atoms with Gasteiger partial charge in [-0.3, -0.25) is 29.0 Å². The zero-order valence-electron chi connectivity index (χ0n) is 21.5. The molecule has 0 aliphatic carbocycles. The van der Waals surface area contributed by atoms with Gasteiger partial charge >= 0.3 is 0 Å². The third-order valence-corrected chi connectivity index (χ3v) is 8.00. The summed E-state index contributed by atoms with van der Waals surface area (Å²) in [4.78, 5) is 52.9. The summed E-state index contributed by atoms with van der Waals surface area (Å²) in [5, 5.41) is -7.47. The summed E-state index contributed by atoms with van der Waals surface area (Å²) in [5.74, 6) is -22.7. The molecule has 2 aliphatic rings. The first-order valence-corrected chi connectivity index (χ1v) is 12.4. The van der Waals surface area contributed by atoms with Crippen molar-refractivity contribution < 1.29 is 54.3 Å². The van der Waals surface area contributed by atoms with Gasteiger partial charge < -0.3 is 5.32 Å². The highest BCUT2D eigenvalue weighted by molar-refractivity contribution is 6.41. The lowest BCUT2D eigenvalue weighted by Crippen LogP contribution is -2.45. The Labute approximate surface area is 232 Å². The predicted octanol–water partition coefficient (Wildman–Crippen LogP) is 5.24. The van der Waals surface area contributed by atoms with Crippen molar-refractivity contribution in [2.45, 2.75) is 6.92 Å². The number of nitrogens with zero attached hydrogens (tertiary/aromatic N) is 2. The lowest BCUT2D eigenvalue weighted by Gasteiger charge is -2.31. The Morgan fingerprint density at radius 1 is 0.442 bits per heavy atom. The van der Waals surface area contributed by atoms with Crippen LogP contribution in [0.25, 0.3) is 43.1 Å². The molecule has 0 saturated carbocycles. The van der Waals surface area contributed by atoms with E-state index in [0.717, 1.165) is 0 Å². The lowest BCUT2D eigenvalue weighted by atomic mass is 9.80. The highest BCUT2D eigenvalue weighted by Crippen LogP contribution is 2.52. The molecule has 0 unspecified atom stereocenters. The first kappa shape index (κ1) is 26.9. The monoisotopic (exact) mass is 605 g/mol. The van der Waals surface area contributed by atoms with Gasteiger partial charge in [-0.05, 0) is 14.0 Å². The van der Waals surface area contributed by atoms with Crippen LogP contribution in [0.15, 0.2) is 0 Å². The van der Waals surface area contributed by atoms with E-state index in [2.05, 4.69) is 5.32 Å². The summed E-state index contributed by atoms with van der Waals surface area (Å²) in [5.41, 5.74) is -5.17. The van der Waals surface area contributed by atoms with E-state index in [4.69, 9.17) is 0 Å². The fraction of sp³-hybridized carbons (Fsp3) is 0.143. The van der Waals surface area contributed by atoms with Crippen LogP contribution in [0.4, 0.5) is 35.1 Å². The second-order valence-electron chi connectivity index (χ2n) is 9.92. The zero-order chi connectivity index (χ0) is 31.1. The van der Waals surface area contributed by atoms with Crippen LogP contribution in [-0.2, 0) is 0 Å². The van der Waals surface area contributed by atoms with E-state index in [1.54, 1.807) is 0 Å². The van der Waals surface area contributed by atoms with Gasteiger partial charge in [0.25, 0.3) is 23.6 Å². The van der Waals surface area contributed by atoms with Gasteiger partial charge in [0.15, 0.2) is 46.5 Å². The molecule has 2 heterocycles. The molecule has 7 nitrogen and oxygen atoms in total. The van der Waals surface area contributed by atoms with E-state index < -0.39 is 149 Å². The molecule has 0 spiro atoms. The van der Waals surface area contributed by atoms with Crippen LogP contribution in [0.1, 0.15) is 48.4 Å². The van der Waals surface area contributed by atoms with Crippen LogP contribution in [0.2, 0.25) is 0 Å². The molecule has 2 aliphatic heterocycles. The first-order chi connectivity index (χ1) is 20.3. The number of amides is 4. The van der Waals surface area contributed by atoms with Crippen LogP contribution >= 0.6 is 0 Å². The molecule has 7 rings (SSSR count). The number of nitrogens with one attached hydrogen (secondary N) is 1. The summed E-state index contributed by atoms with van der Waals surface area (Å²) in [7, 11) is 1.24. The highest BCUT2D eigenvalue weighted by atomic mass is 19.2. The number of hydrogen-bond donors (Lipinski definition) is 1. The zero-order valence-corrected chi connectivity index (χ0v) is 21.5. The minimum atomic E-state index is -2.11. The average molecular weight is 605 g/mol. The number of hydrogen-bond acceptors (Lipinski definition) is 5. The Kier molecular flexibility index (Phi) is 5.23. The van der Waals surface area contributed by atoms with E-state index in [9.17, 15) is 19.2 Å². The molecular weight excluding hydrogens is 594 g/mol. The molecule has 43 heavy (non-hydrogen) atoms. The molecule has 218 valence electrons. The van der Waals surface area contributed by atoms with Crippen molar-refractivity contribution in [3.63, 3.8) is 0 Å². The smallest absolute Gasteiger partial charge is 0.265 e. The molecule has 0 saturated heterocycles. The van der Waals surface area contributed by atoms with Gasteiger partial charge in [0.2, 0.25) is 0 Å². The average Bonchev–Trinajstić information content (AvgIpc) is 2.96. The van der Waals surface area contributed by atoms with Crippen molar-refractivity contribution in [2.24, 2.45) is 0 Å². The number of halogens is 8. The summed E-state index contributed by atoms with van der Waals surface area (Å²) >= 11 is 0. The normalized spacial score (nSPS) is 15.1. The van der Waals surface area contributed by atoms with Crippen LogP contribution in [0, 0.1) is 46.5 Å². The molecule has 4 amide bonds. The van der Waals surface area contributed by atoms with Gasteiger partial charge in [-0.15, -0.1) is 0 Å². The van der Waals surface area contributed by atoms with Gasteiger partial charge in [-0.25, -0.2) is 35.1 Å². The molecule has 0 atom stereocenters. The maximum absolute atomic E-state index is 16.0. The molecule has 15 heteroatoms. The predicted molar refractivity (Wildman–Crippen MR) is 133 cm³/mol. The number of carbonyl (C=O) groups is 4. The standard InChI is InChI=1S/C28H11F8N3O4/c1-3-38-25(40)13-7-5-9(17(29)21(13)33)11-6-8-15(23(35)19(11)31)27(42)39(4-37-2)28(43)16(8)24(36)20(32)12(6)10(5)18(30)22(34)14(7)26(38)41/h37H,3-4H2,1-2H3. The number of benzene rings is 5. The van der Waals surface area contributed by atoms with Crippen LogP contribution < -0.4 is 5.32 Å². The van der Waals surface area contributed by atoms with Crippen molar-refractivity contribution in [1.82, 2.24) is 15.1 Å². The molecule has 0 fully saturated rings. The second-order valence-corrected chi connectivity index (χ2v) is 9.92. The Morgan fingerprint density at radius 2 is 0.721 bits per heavy atom. The fourth-order valence-corrected chi connectivity index (χ4v) is 6.31. The van der Waals surface area contributed by atoms with Crippen LogP contribution in [0.3, 0.4) is 0 Å². The molecule has 0 aromatic heterocycles. The Hall–Kier alpha value is -4.92. The van der Waals surface area contributed by atoms with Gasteiger partial charge in [-0.2, -0.15) is 0 Å². The van der Waals surface area contributed by atoms with E-state index in [0.29, 0.717) is 0 Å². The quantitative estimate of drug-likeness (QED) is 0.132. The molecule has 1 N–H and O–H groups in total. The van der Waals surface area contributed by atoms with E-state index in [-0.39, 0.29) is 9.80 Å². The van der Waals surface area contributed by atoms with Gasteiger partial charge in [0.05, 0.1) is 28.9 Å². The van der Waals surface area contributed by atoms with Crippen molar-refractivity contribution in [3.05, 3.63) is 68.8 Å². The van der Waals surface area contributed by atoms with E-state index in [1.807, 2.05) is 0 Å². The van der Waals surface area contributed by atoms with Crippen molar-refractivity contribution in [1.29, 1.82) is 0 Å². The van der Waals surface area contributed by atoms with Crippen molar-refractivity contribution in [3.8, 4) is 0 Å². The number of rotatable bonds is 3. The highest BCUT2D eigenvalue weighted by Gasteiger charge is 2.45. The van der Waals surface area contributed by atoms with Gasteiger partial charge in [-0.1, -0.05) is 0 Å². The summed E-state index contributed by atoms with van der Waals surface area (Å²) in [6.07, 6.45) is 0. The number of fused-ring (bicyclic) bond motifs is 2. The van der Waals surface area contributed by atoms with E-state index in [1.165, 1.54) is 14.0 Å². The van der Waals surface area contributed by atoms with Crippen molar-refractivity contribution >= 4 is 66.7 Å². The third-order valence-electron chi connectivity index (χ3n) is 8.00. The Bertz CT molecular complexity index is 2120. The van der Waals surface area contributed by atoms with Gasteiger partial charge in [0.1, 0.15) is 0 Å². The molecule has 0 bridgehead atoms. The summed E-state index contributed by atoms with van der Waals surface area (Å²) in [6, 6.07) is 0. The summed E-state index contributed by atoms with van der Waals surface area (Å²) < 4.78 is 127. The third kappa shape index (κ3) is 2.78. The van der Waals surface area contributed by atoms with Crippen LogP contribution in [-0.4, -0.2) is 53.7 Å². The van der Waals surface area contributed by atoms with Crippen molar-refractivity contribution in [2.75, 3.05) is 20.3 Å². The SMILES string of the molecule is CCN1C(=O)c2c(F)c(F)c3c4c(F)c(F)c5c6c(c(F)c(F)c(c7c(F)c(F)c(c2c37)C1=O)c64)C(=O)N(CNC)C5=O. The molecule has 5 aromatic carbocycles. The fourth-order valence-electron chi connectivity index (χ4n) is 6.31. The summed E-state index contributed by atoms with van der Waals surface area (Å²) in [6.45, 7) is 0.0533. The number of carbonyl (C=O) groups excluding carboxylic acids is 4. The van der Waals surface area contributed by atoms with Gasteiger partial charge in [0, 0.05) is 49.6 Å². The maximum Gasteiger partial charge on any atom is 0.265 e. The molecule has 0 radical (unpaired) electrons. The molecule has 5 aromatic rings. The lowest BCUT2D eigenvalue weighted by molar-refractivity contribution is 0.0585. The Morgan fingerprint density at radius 3 is 0.977 bits per heavy atom. The minimum Gasteiger partial charge on any atom is -0.302 e.